The van der Waals surface area contributed by atoms with E-state index in [0.29, 0.717) is 31.7 Å². The summed E-state index contributed by atoms with van der Waals surface area (Å²) in [5.74, 6) is 0. The number of ether oxygens (including phenoxy) is 1. The smallest absolute Gasteiger partial charge is 0.291 e. The van der Waals surface area contributed by atoms with E-state index in [0.717, 1.165) is 11.3 Å². The van der Waals surface area contributed by atoms with Crippen LogP contribution in [0.3, 0.4) is 0 Å². The lowest BCUT2D eigenvalue weighted by molar-refractivity contribution is 0.185. The van der Waals surface area contributed by atoms with Crippen LogP contribution < -0.4 is 5.32 Å². The summed E-state index contributed by atoms with van der Waals surface area (Å²) in [4.78, 5) is 0. The van der Waals surface area contributed by atoms with Crippen molar-refractivity contribution in [3.63, 3.8) is 0 Å². The molecular formula is C13H21N3O5S3. The average molecular weight is 396 g/mol. The number of hydrogen-bond acceptors (Lipinski definition) is 7. The highest BCUT2D eigenvalue weighted by molar-refractivity contribution is 7.94. The van der Waals surface area contributed by atoms with Gasteiger partial charge in [-0.05, 0) is 19.0 Å². The lowest BCUT2D eigenvalue weighted by atomic mass is 10.1. The van der Waals surface area contributed by atoms with Crippen molar-refractivity contribution < 1.29 is 21.6 Å². The number of nitrogens with one attached hydrogen (secondary N) is 1. The van der Waals surface area contributed by atoms with Crippen LogP contribution in [0.4, 0.5) is 0 Å². The van der Waals surface area contributed by atoms with E-state index in [1.807, 2.05) is 6.92 Å². The van der Waals surface area contributed by atoms with Gasteiger partial charge < -0.3 is 10.1 Å². The van der Waals surface area contributed by atoms with Gasteiger partial charge in [-0.25, -0.2) is 8.42 Å². The second-order valence-corrected chi connectivity index (χ2v) is 10.3. The van der Waals surface area contributed by atoms with Crippen LogP contribution in [-0.4, -0.2) is 61.2 Å². The first-order chi connectivity index (χ1) is 11.3. The molecule has 11 heteroatoms. The molecule has 0 saturated heterocycles. The third-order valence-electron chi connectivity index (χ3n) is 3.67. The molecule has 1 aliphatic heterocycles. The molecule has 0 spiro atoms. The summed E-state index contributed by atoms with van der Waals surface area (Å²) in [6.07, 6.45) is 0.564. The van der Waals surface area contributed by atoms with Crippen LogP contribution in [0, 0.1) is 0 Å². The van der Waals surface area contributed by atoms with Gasteiger partial charge in [0.05, 0.1) is 0 Å². The molecule has 8 nitrogen and oxygen atoms in total. The first-order valence-corrected chi connectivity index (χ1v) is 11.1. The number of fused-ring (bicyclic) bond motifs is 1. The second-order valence-electron chi connectivity index (χ2n) is 5.23. The zero-order chi connectivity index (χ0) is 18.0. The summed E-state index contributed by atoms with van der Waals surface area (Å²) < 4.78 is 58.9. The van der Waals surface area contributed by atoms with E-state index >= 15 is 0 Å². The normalized spacial score (nSPS) is 20.7. The molecule has 2 heterocycles. The van der Waals surface area contributed by atoms with Crippen molar-refractivity contribution in [2.75, 3.05) is 33.4 Å². The SMILES string of the molecule is C=NS(=O)(=O)c1cc2c(s1)S(=O)(=O)N(CCCOC)C[C@@H]2NCC. The molecule has 0 aromatic carbocycles. The van der Waals surface area contributed by atoms with E-state index in [4.69, 9.17) is 4.74 Å². The molecule has 0 unspecified atom stereocenters. The van der Waals surface area contributed by atoms with E-state index in [1.54, 1.807) is 7.11 Å². The molecule has 0 aliphatic carbocycles. The van der Waals surface area contributed by atoms with Crippen LogP contribution >= 0.6 is 11.3 Å². The summed E-state index contributed by atoms with van der Waals surface area (Å²) in [6, 6.07) is 1.13. The van der Waals surface area contributed by atoms with Gasteiger partial charge in [-0.3, -0.25) is 0 Å². The van der Waals surface area contributed by atoms with Crippen LogP contribution in [0.1, 0.15) is 24.9 Å². The zero-order valence-corrected chi connectivity index (χ0v) is 16.0. The topological polar surface area (TPSA) is 105 Å². The number of hydrogen-bond donors (Lipinski definition) is 1. The van der Waals surface area contributed by atoms with E-state index in [9.17, 15) is 16.8 Å². The van der Waals surface area contributed by atoms with E-state index in [1.165, 1.54) is 10.4 Å². The van der Waals surface area contributed by atoms with E-state index in [-0.39, 0.29) is 21.0 Å². The van der Waals surface area contributed by atoms with Crippen LogP contribution in [0.2, 0.25) is 0 Å². The lowest BCUT2D eigenvalue weighted by Crippen LogP contribution is -2.43. The summed E-state index contributed by atoms with van der Waals surface area (Å²) in [6.45, 7) is 6.62. The molecule has 1 N–H and O–H groups in total. The molecule has 2 rings (SSSR count). The van der Waals surface area contributed by atoms with Crippen molar-refractivity contribution in [1.82, 2.24) is 9.62 Å². The van der Waals surface area contributed by atoms with Crippen molar-refractivity contribution in [2.24, 2.45) is 4.40 Å². The maximum absolute atomic E-state index is 12.8. The predicted octanol–water partition coefficient (Wildman–Crippen LogP) is 0.829. The van der Waals surface area contributed by atoms with Crippen LogP contribution in [0.5, 0.6) is 0 Å². The van der Waals surface area contributed by atoms with Gasteiger partial charge in [0.25, 0.3) is 20.0 Å². The third-order valence-corrected chi connectivity index (χ3v) is 8.85. The van der Waals surface area contributed by atoms with Gasteiger partial charge in [-0.2, -0.15) is 17.1 Å². The Labute approximate surface area is 146 Å². The van der Waals surface area contributed by atoms with Crippen molar-refractivity contribution in [2.45, 2.75) is 27.8 Å². The molecule has 0 bridgehead atoms. The van der Waals surface area contributed by atoms with Crippen molar-refractivity contribution in [3.8, 4) is 0 Å². The maximum atomic E-state index is 12.8. The minimum atomic E-state index is -3.92. The Morgan fingerprint density at radius 2 is 2.25 bits per heavy atom. The molecule has 136 valence electrons. The van der Waals surface area contributed by atoms with Crippen molar-refractivity contribution in [1.29, 1.82) is 0 Å². The first kappa shape index (κ1) is 19.5. The number of methoxy groups -OCH3 is 1. The Kier molecular flexibility index (Phi) is 6.15. The number of thiophene rings is 1. The Hall–Kier alpha value is -0.850. The monoisotopic (exact) mass is 395 g/mol. The highest BCUT2D eigenvalue weighted by atomic mass is 32.3. The lowest BCUT2D eigenvalue weighted by Gasteiger charge is -2.32. The fraction of sp³-hybridized carbons (Fsp3) is 0.615. The maximum Gasteiger partial charge on any atom is 0.291 e. The number of rotatable bonds is 8. The third kappa shape index (κ3) is 3.70. The molecule has 1 aromatic heterocycles. The van der Waals surface area contributed by atoms with Gasteiger partial charge >= 0.3 is 0 Å². The van der Waals surface area contributed by atoms with Crippen LogP contribution in [0.25, 0.3) is 0 Å². The fourth-order valence-electron chi connectivity index (χ4n) is 2.54. The van der Waals surface area contributed by atoms with Gasteiger partial charge in [0.2, 0.25) is 0 Å². The molecule has 0 radical (unpaired) electrons. The quantitative estimate of drug-likeness (QED) is 0.516. The highest BCUT2D eigenvalue weighted by Crippen LogP contribution is 2.40. The molecule has 0 amide bonds. The summed E-state index contributed by atoms with van der Waals surface area (Å²) >= 11 is 0.724. The van der Waals surface area contributed by atoms with Gasteiger partial charge in [0, 0.05) is 45.1 Å². The van der Waals surface area contributed by atoms with Gasteiger partial charge in [-0.1, -0.05) is 6.92 Å². The standard InChI is InChI=1S/C13H21N3O5S3/c1-4-15-11-9-16(6-5-7-21-3)24(19,20)13-10(11)8-12(22-13)23(17,18)14-2/h8,11,15H,2,4-7,9H2,1,3H3/t11-/m0/s1. The second kappa shape index (κ2) is 7.58. The Bertz CT molecular complexity index is 801. The van der Waals surface area contributed by atoms with Crippen molar-refractivity contribution in [3.05, 3.63) is 11.6 Å². The summed E-state index contributed by atoms with van der Waals surface area (Å²) in [5, 5.41) is 3.21. The Morgan fingerprint density at radius 1 is 1.54 bits per heavy atom. The Balaban J connectivity index is 2.47. The van der Waals surface area contributed by atoms with E-state index < -0.39 is 20.0 Å². The highest BCUT2D eigenvalue weighted by Gasteiger charge is 2.39. The van der Waals surface area contributed by atoms with Gasteiger partial charge in [-0.15, -0.1) is 11.3 Å². The van der Waals surface area contributed by atoms with Crippen LogP contribution in [-0.2, 0) is 24.8 Å². The predicted molar refractivity (Wildman–Crippen MR) is 92.7 cm³/mol. The number of sulfonamides is 2. The van der Waals surface area contributed by atoms with E-state index in [2.05, 4.69) is 16.4 Å². The summed E-state index contributed by atoms with van der Waals surface area (Å²) in [7, 11) is -6.09. The minimum Gasteiger partial charge on any atom is -0.385 e. The molecule has 1 atom stereocenters. The Morgan fingerprint density at radius 3 is 2.83 bits per heavy atom. The minimum absolute atomic E-state index is 0.0549. The molecule has 1 aliphatic rings. The van der Waals surface area contributed by atoms with Gasteiger partial charge in [0.15, 0.2) is 0 Å². The number of nitrogens with zero attached hydrogens (tertiary/aromatic N) is 2. The van der Waals surface area contributed by atoms with Crippen LogP contribution in [0.15, 0.2) is 18.9 Å². The zero-order valence-electron chi connectivity index (χ0n) is 13.6. The largest absolute Gasteiger partial charge is 0.385 e. The van der Waals surface area contributed by atoms with Crippen molar-refractivity contribution >= 4 is 38.1 Å². The molecule has 0 fully saturated rings. The number of likely N-dealkylation sites (N-methyl/N-ethyl adjacent to an activating group) is 1. The molecular weight excluding hydrogens is 374 g/mol. The molecule has 0 saturated carbocycles. The van der Waals surface area contributed by atoms with Gasteiger partial charge in [0.1, 0.15) is 8.42 Å². The molecule has 1 aromatic rings. The molecule has 24 heavy (non-hydrogen) atoms. The fourth-order valence-corrected chi connectivity index (χ4v) is 7.07. The first-order valence-electron chi connectivity index (χ1n) is 7.37. The average Bonchev–Trinajstić information content (AvgIpc) is 2.99. The summed E-state index contributed by atoms with van der Waals surface area (Å²) in [5.41, 5.74) is 0.479.